The van der Waals surface area contributed by atoms with Crippen molar-refractivity contribution in [2.45, 2.75) is 12.8 Å². The first kappa shape index (κ1) is 13.4. The number of aliphatic carboxylic acids is 1. The zero-order valence-corrected chi connectivity index (χ0v) is 10.6. The van der Waals surface area contributed by atoms with Gasteiger partial charge in [-0.3, -0.25) is 9.59 Å². The maximum absolute atomic E-state index is 11.9. The molecule has 1 unspecified atom stereocenters. The molecule has 1 atom stereocenters. The number of hydrogen-bond donors (Lipinski definition) is 1. The highest BCUT2D eigenvalue weighted by atomic mass is 16.5. The molecule has 0 bridgehead atoms. The summed E-state index contributed by atoms with van der Waals surface area (Å²) in [6.45, 7) is 1.14. The van der Waals surface area contributed by atoms with Crippen LogP contribution in [0.15, 0.2) is 30.3 Å². The lowest BCUT2D eigenvalue weighted by atomic mass is 10.1. The minimum atomic E-state index is -0.806. The van der Waals surface area contributed by atoms with Crippen molar-refractivity contribution in [2.24, 2.45) is 5.92 Å². The quantitative estimate of drug-likeness (QED) is 0.871. The highest BCUT2D eigenvalue weighted by Gasteiger charge is 2.27. The molecule has 0 radical (unpaired) electrons. The van der Waals surface area contributed by atoms with E-state index in [-0.39, 0.29) is 24.9 Å². The van der Waals surface area contributed by atoms with Crippen LogP contribution in [0.4, 0.5) is 0 Å². The topological polar surface area (TPSA) is 66.8 Å². The van der Waals surface area contributed by atoms with Gasteiger partial charge in [0.15, 0.2) is 6.61 Å². The van der Waals surface area contributed by atoms with Crippen LogP contribution in [0.2, 0.25) is 0 Å². The van der Waals surface area contributed by atoms with E-state index >= 15 is 0 Å². The summed E-state index contributed by atoms with van der Waals surface area (Å²) < 4.78 is 5.39. The molecule has 1 aromatic carbocycles. The number of benzene rings is 1. The second-order valence-corrected chi connectivity index (χ2v) is 4.69. The number of carboxylic acid groups (broad SMARTS) is 1. The second kappa shape index (κ2) is 6.22. The molecule has 19 heavy (non-hydrogen) atoms. The number of para-hydroxylation sites is 1. The van der Waals surface area contributed by atoms with E-state index in [0.29, 0.717) is 18.8 Å². The van der Waals surface area contributed by atoms with Gasteiger partial charge in [-0.2, -0.15) is 0 Å². The molecule has 1 aromatic rings. The van der Waals surface area contributed by atoms with Crippen LogP contribution < -0.4 is 4.74 Å². The molecule has 0 spiro atoms. The van der Waals surface area contributed by atoms with E-state index < -0.39 is 5.97 Å². The van der Waals surface area contributed by atoms with Crippen LogP contribution in [0.5, 0.6) is 5.75 Å². The van der Waals surface area contributed by atoms with E-state index in [4.69, 9.17) is 9.84 Å². The van der Waals surface area contributed by atoms with Crippen LogP contribution in [0.25, 0.3) is 0 Å². The second-order valence-electron chi connectivity index (χ2n) is 4.69. The van der Waals surface area contributed by atoms with E-state index in [2.05, 4.69) is 0 Å². The lowest BCUT2D eigenvalue weighted by Gasteiger charge is -2.16. The minimum Gasteiger partial charge on any atom is -0.484 e. The van der Waals surface area contributed by atoms with Gasteiger partial charge in [0.25, 0.3) is 5.91 Å². The fourth-order valence-corrected chi connectivity index (χ4v) is 2.23. The number of rotatable bonds is 5. The number of amides is 1. The summed E-state index contributed by atoms with van der Waals surface area (Å²) in [4.78, 5) is 24.2. The zero-order valence-electron chi connectivity index (χ0n) is 10.6. The molecular formula is C14H17NO4. The van der Waals surface area contributed by atoms with Crippen molar-refractivity contribution in [3.63, 3.8) is 0 Å². The standard InChI is InChI=1S/C14H17NO4/c16-13(10-19-12-4-2-1-3-5-12)15-7-6-11(9-15)8-14(17)18/h1-5,11H,6-10H2,(H,17,18). The predicted octanol–water partition coefficient (Wildman–Crippen LogP) is 1.39. The van der Waals surface area contributed by atoms with Gasteiger partial charge in [-0.05, 0) is 24.5 Å². The van der Waals surface area contributed by atoms with E-state index in [1.165, 1.54) is 0 Å². The van der Waals surface area contributed by atoms with Crippen molar-refractivity contribution in [3.8, 4) is 5.75 Å². The minimum absolute atomic E-state index is 0.00377. The average Bonchev–Trinajstić information content (AvgIpc) is 2.85. The van der Waals surface area contributed by atoms with Gasteiger partial charge in [-0.25, -0.2) is 0 Å². The van der Waals surface area contributed by atoms with E-state index in [0.717, 1.165) is 6.42 Å². The Morgan fingerprint density at radius 1 is 1.32 bits per heavy atom. The van der Waals surface area contributed by atoms with Gasteiger partial charge in [0.2, 0.25) is 0 Å². The molecule has 1 amide bonds. The largest absolute Gasteiger partial charge is 0.484 e. The Balaban J connectivity index is 1.77. The van der Waals surface area contributed by atoms with Crippen molar-refractivity contribution < 1.29 is 19.4 Å². The average molecular weight is 263 g/mol. The number of likely N-dealkylation sites (tertiary alicyclic amines) is 1. The summed E-state index contributed by atoms with van der Waals surface area (Å²) in [6, 6.07) is 9.16. The maximum atomic E-state index is 11.9. The zero-order chi connectivity index (χ0) is 13.7. The van der Waals surface area contributed by atoms with Crippen LogP contribution in [0.1, 0.15) is 12.8 Å². The number of ether oxygens (including phenoxy) is 1. The summed E-state index contributed by atoms with van der Waals surface area (Å²) in [6.07, 6.45) is 0.882. The van der Waals surface area contributed by atoms with Crippen molar-refractivity contribution in [1.82, 2.24) is 4.90 Å². The SMILES string of the molecule is O=C(O)CC1CCN(C(=O)COc2ccccc2)C1. The van der Waals surface area contributed by atoms with Gasteiger partial charge < -0.3 is 14.7 Å². The fraction of sp³-hybridized carbons (Fsp3) is 0.429. The predicted molar refractivity (Wildman–Crippen MR) is 68.9 cm³/mol. The third kappa shape index (κ3) is 3.98. The van der Waals surface area contributed by atoms with Crippen LogP contribution >= 0.6 is 0 Å². The number of carboxylic acids is 1. The van der Waals surface area contributed by atoms with Gasteiger partial charge in [0.1, 0.15) is 5.75 Å². The van der Waals surface area contributed by atoms with Crippen molar-refractivity contribution >= 4 is 11.9 Å². The Kier molecular flexibility index (Phi) is 4.39. The summed E-state index contributed by atoms with van der Waals surface area (Å²) >= 11 is 0. The monoisotopic (exact) mass is 263 g/mol. The Morgan fingerprint density at radius 2 is 2.05 bits per heavy atom. The summed E-state index contributed by atoms with van der Waals surface area (Å²) in [5.41, 5.74) is 0. The van der Waals surface area contributed by atoms with Gasteiger partial charge in [-0.15, -0.1) is 0 Å². The van der Waals surface area contributed by atoms with Crippen LogP contribution in [-0.2, 0) is 9.59 Å². The first-order chi connectivity index (χ1) is 9.15. The molecule has 0 aliphatic carbocycles. The summed E-state index contributed by atoms with van der Waals surface area (Å²) in [7, 11) is 0. The molecule has 1 aliphatic rings. The van der Waals surface area contributed by atoms with Gasteiger partial charge in [0.05, 0.1) is 0 Å². The number of carbonyl (C=O) groups excluding carboxylic acids is 1. The van der Waals surface area contributed by atoms with E-state index in [1.54, 1.807) is 17.0 Å². The molecular weight excluding hydrogens is 246 g/mol. The summed E-state index contributed by atoms with van der Waals surface area (Å²) in [5, 5.41) is 8.72. The van der Waals surface area contributed by atoms with Crippen LogP contribution in [0.3, 0.4) is 0 Å². The van der Waals surface area contributed by atoms with Crippen molar-refractivity contribution in [2.75, 3.05) is 19.7 Å². The van der Waals surface area contributed by atoms with E-state index in [1.807, 2.05) is 18.2 Å². The third-order valence-electron chi connectivity index (χ3n) is 3.21. The third-order valence-corrected chi connectivity index (χ3v) is 3.21. The molecule has 2 rings (SSSR count). The molecule has 1 aliphatic heterocycles. The normalized spacial score (nSPS) is 18.3. The highest BCUT2D eigenvalue weighted by Crippen LogP contribution is 2.19. The Labute approximate surface area is 111 Å². The molecule has 5 nitrogen and oxygen atoms in total. The Morgan fingerprint density at radius 3 is 2.74 bits per heavy atom. The molecule has 0 aromatic heterocycles. The van der Waals surface area contributed by atoms with Gasteiger partial charge in [0, 0.05) is 19.5 Å². The number of nitrogens with zero attached hydrogens (tertiary/aromatic N) is 1. The number of hydrogen-bond acceptors (Lipinski definition) is 3. The van der Waals surface area contributed by atoms with Gasteiger partial charge >= 0.3 is 5.97 Å². The molecule has 102 valence electrons. The Bertz CT molecular complexity index is 446. The number of carbonyl (C=O) groups is 2. The molecule has 1 N–H and O–H groups in total. The van der Waals surface area contributed by atoms with Crippen molar-refractivity contribution in [3.05, 3.63) is 30.3 Å². The highest BCUT2D eigenvalue weighted by molar-refractivity contribution is 5.78. The molecule has 0 saturated carbocycles. The summed E-state index contributed by atoms with van der Waals surface area (Å²) in [5.74, 6) is -0.160. The molecule has 1 fully saturated rings. The van der Waals surface area contributed by atoms with Crippen LogP contribution in [-0.4, -0.2) is 41.6 Å². The van der Waals surface area contributed by atoms with Crippen molar-refractivity contribution in [1.29, 1.82) is 0 Å². The molecule has 1 heterocycles. The molecule has 1 saturated heterocycles. The Hall–Kier alpha value is -2.04. The van der Waals surface area contributed by atoms with Crippen LogP contribution in [0, 0.1) is 5.92 Å². The first-order valence-electron chi connectivity index (χ1n) is 6.32. The fourth-order valence-electron chi connectivity index (χ4n) is 2.23. The lowest BCUT2D eigenvalue weighted by Crippen LogP contribution is -2.33. The van der Waals surface area contributed by atoms with Gasteiger partial charge in [-0.1, -0.05) is 18.2 Å². The smallest absolute Gasteiger partial charge is 0.303 e. The maximum Gasteiger partial charge on any atom is 0.303 e. The molecule has 5 heteroatoms. The first-order valence-corrected chi connectivity index (χ1v) is 6.32. The lowest BCUT2D eigenvalue weighted by molar-refractivity contribution is -0.138. The van der Waals surface area contributed by atoms with E-state index in [9.17, 15) is 9.59 Å².